The summed E-state index contributed by atoms with van der Waals surface area (Å²) in [6.07, 6.45) is 1.97. The zero-order valence-corrected chi connectivity index (χ0v) is 18.6. The van der Waals surface area contributed by atoms with Gasteiger partial charge in [0.15, 0.2) is 11.5 Å². The highest BCUT2D eigenvalue weighted by Gasteiger charge is 2.16. The van der Waals surface area contributed by atoms with E-state index in [9.17, 15) is 9.18 Å². The lowest BCUT2D eigenvalue weighted by Crippen LogP contribution is -2.13. The lowest BCUT2D eigenvalue weighted by atomic mass is 10.2. The Kier molecular flexibility index (Phi) is 6.65. The summed E-state index contributed by atoms with van der Waals surface area (Å²) in [5.41, 5.74) is 1.99. The van der Waals surface area contributed by atoms with Crippen molar-refractivity contribution in [2.45, 2.75) is 26.7 Å². The average Bonchev–Trinajstić information content (AvgIpc) is 3.36. The number of unbranched alkanes of at least 4 members (excludes halogenated alkanes) is 1. The molecule has 9 heteroatoms. The molecular formula is C23H23FN4O3S. The molecule has 4 aromatic rings. The molecule has 0 aliphatic heterocycles. The number of benzene rings is 2. The number of aromatic nitrogens is 3. The number of halogens is 1. The van der Waals surface area contributed by atoms with Gasteiger partial charge in [0.2, 0.25) is 4.96 Å². The van der Waals surface area contributed by atoms with Crippen molar-refractivity contribution in [3.8, 4) is 22.8 Å². The molecule has 7 nitrogen and oxygen atoms in total. The van der Waals surface area contributed by atoms with Crippen molar-refractivity contribution in [2.75, 3.05) is 18.5 Å². The lowest BCUT2D eigenvalue weighted by molar-refractivity contribution is 0.102. The molecule has 0 aliphatic rings. The maximum Gasteiger partial charge on any atom is 0.258 e. The molecule has 0 aliphatic carbocycles. The van der Waals surface area contributed by atoms with Crippen LogP contribution in [0.4, 0.5) is 10.3 Å². The summed E-state index contributed by atoms with van der Waals surface area (Å²) in [5.74, 6) is 0.661. The van der Waals surface area contributed by atoms with Crippen LogP contribution in [0.5, 0.6) is 11.5 Å². The van der Waals surface area contributed by atoms with Gasteiger partial charge in [-0.15, -0.1) is 16.4 Å². The Bertz CT molecular complexity index is 1220. The fourth-order valence-electron chi connectivity index (χ4n) is 3.09. The third-order valence-electron chi connectivity index (χ3n) is 4.71. The van der Waals surface area contributed by atoms with Crippen molar-refractivity contribution >= 4 is 28.2 Å². The number of nitrogens with one attached hydrogen (secondary N) is 1. The lowest BCUT2D eigenvalue weighted by Gasteiger charge is -2.13. The summed E-state index contributed by atoms with van der Waals surface area (Å²) < 4.78 is 26.3. The Morgan fingerprint density at radius 2 is 1.94 bits per heavy atom. The van der Waals surface area contributed by atoms with Crippen molar-refractivity contribution in [2.24, 2.45) is 0 Å². The van der Waals surface area contributed by atoms with Crippen LogP contribution in [0, 0.1) is 5.82 Å². The topological polar surface area (TPSA) is 77.8 Å². The van der Waals surface area contributed by atoms with Gasteiger partial charge in [-0.3, -0.25) is 10.1 Å². The fourth-order valence-corrected chi connectivity index (χ4v) is 3.92. The van der Waals surface area contributed by atoms with Gasteiger partial charge in [0, 0.05) is 16.5 Å². The van der Waals surface area contributed by atoms with Crippen LogP contribution in [0.1, 0.15) is 37.0 Å². The largest absolute Gasteiger partial charge is 0.490 e. The number of anilines is 1. The minimum absolute atomic E-state index is 0.187. The Morgan fingerprint density at radius 3 is 2.69 bits per heavy atom. The molecule has 2 heterocycles. The number of nitrogens with zero attached hydrogens (tertiary/aromatic N) is 3. The van der Waals surface area contributed by atoms with Crippen molar-refractivity contribution in [1.29, 1.82) is 0 Å². The summed E-state index contributed by atoms with van der Waals surface area (Å²) in [7, 11) is 0. The van der Waals surface area contributed by atoms with E-state index in [1.54, 1.807) is 34.8 Å². The minimum atomic E-state index is -0.354. The number of thiazole rings is 1. The van der Waals surface area contributed by atoms with Crippen LogP contribution in [0.2, 0.25) is 0 Å². The van der Waals surface area contributed by atoms with Crippen molar-refractivity contribution in [3.63, 3.8) is 0 Å². The maximum atomic E-state index is 13.2. The summed E-state index contributed by atoms with van der Waals surface area (Å²) in [5, 5.41) is 9.02. The molecular weight excluding hydrogens is 431 g/mol. The van der Waals surface area contributed by atoms with Crippen LogP contribution in [0.25, 0.3) is 16.2 Å². The standard InChI is InChI=1S/C23H23FN4O3S/c1-3-5-12-31-19-11-8-16(13-20(19)30-4-2)21(29)25-22-26-23-28(27-22)18(14-32-23)15-6-9-17(24)10-7-15/h6-11,13-14H,3-5,12H2,1-2H3,(H,25,27,29). The number of ether oxygens (including phenoxy) is 2. The van der Waals surface area contributed by atoms with Crippen LogP contribution < -0.4 is 14.8 Å². The summed E-state index contributed by atoms with van der Waals surface area (Å²) in [6, 6.07) is 11.2. The van der Waals surface area contributed by atoms with Gasteiger partial charge in [-0.2, -0.15) is 4.98 Å². The van der Waals surface area contributed by atoms with Gasteiger partial charge in [-0.05, 0) is 55.8 Å². The zero-order valence-electron chi connectivity index (χ0n) is 17.8. The monoisotopic (exact) mass is 454 g/mol. The first-order valence-corrected chi connectivity index (χ1v) is 11.3. The molecule has 32 heavy (non-hydrogen) atoms. The molecule has 0 radical (unpaired) electrons. The van der Waals surface area contributed by atoms with Gasteiger partial charge in [0.25, 0.3) is 11.9 Å². The van der Waals surface area contributed by atoms with E-state index in [-0.39, 0.29) is 17.7 Å². The van der Waals surface area contributed by atoms with Crippen LogP contribution in [0.15, 0.2) is 47.8 Å². The highest BCUT2D eigenvalue weighted by Crippen LogP contribution is 2.30. The molecule has 0 saturated carbocycles. The number of carbonyl (C=O) groups excluding carboxylic acids is 1. The average molecular weight is 455 g/mol. The Morgan fingerprint density at radius 1 is 1.12 bits per heavy atom. The van der Waals surface area contributed by atoms with Gasteiger partial charge >= 0.3 is 0 Å². The molecule has 1 N–H and O–H groups in total. The molecule has 1 amide bonds. The van der Waals surface area contributed by atoms with Crippen LogP contribution in [-0.2, 0) is 0 Å². The van der Waals surface area contributed by atoms with E-state index in [1.807, 2.05) is 12.3 Å². The second kappa shape index (κ2) is 9.78. The summed E-state index contributed by atoms with van der Waals surface area (Å²) in [4.78, 5) is 17.8. The van der Waals surface area contributed by atoms with Crippen LogP contribution in [-0.4, -0.2) is 33.7 Å². The Balaban J connectivity index is 1.53. The molecule has 2 aromatic carbocycles. The summed E-state index contributed by atoms with van der Waals surface area (Å²) in [6.45, 7) is 5.02. The number of hydrogen-bond donors (Lipinski definition) is 1. The highest BCUT2D eigenvalue weighted by molar-refractivity contribution is 7.15. The Labute approximate surface area is 188 Å². The van der Waals surface area contributed by atoms with Gasteiger partial charge < -0.3 is 9.47 Å². The fraction of sp³-hybridized carbons (Fsp3) is 0.261. The van der Waals surface area contributed by atoms with Crippen molar-refractivity contribution in [3.05, 3.63) is 59.2 Å². The maximum absolute atomic E-state index is 13.2. The summed E-state index contributed by atoms with van der Waals surface area (Å²) >= 11 is 1.38. The highest BCUT2D eigenvalue weighted by atomic mass is 32.1. The minimum Gasteiger partial charge on any atom is -0.490 e. The van der Waals surface area contributed by atoms with E-state index in [0.29, 0.717) is 35.2 Å². The van der Waals surface area contributed by atoms with Crippen molar-refractivity contribution < 1.29 is 18.7 Å². The normalized spacial score (nSPS) is 11.0. The second-order valence-corrected chi connectivity index (χ2v) is 7.84. The molecule has 0 atom stereocenters. The second-order valence-electron chi connectivity index (χ2n) is 7.01. The number of amides is 1. The van der Waals surface area contributed by atoms with Gasteiger partial charge in [-0.25, -0.2) is 8.91 Å². The third-order valence-corrected chi connectivity index (χ3v) is 5.52. The molecule has 0 spiro atoms. The Hall–Kier alpha value is -3.46. The molecule has 2 aromatic heterocycles. The van der Waals surface area contributed by atoms with E-state index in [1.165, 1.54) is 23.5 Å². The van der Waals surface area contributed by atoms with E-state index in [2.05, 4.69) is 22.3 Å². The molecule has 0 bridgehead atoms. The SMILES string of the molecule is CCCCOc1ccc(C(=O)Nc2nc3scc(-c4ccc(F)cc4)n3n2)cc1OCC. The first kappa shape index (κ1) is 21.8. The van der Waals surface area contributed by atoms with E-state index >= 15 is 0 Å². The smallest absolute Gasteiger partial charge is 0.258 e. The number of rotatable bonds is 9. The molecule has 4 rings (SSSR count). The number of fused-ring (bicyclic) bond motifs is 1. The van der Waals surface area contributed by atoms with Gasteiger partial charge in [-0.1, -0.05) is 13.3 Å². The van der Waals surface area contributed by atoms with Crippen LogP contribution >= 0.6 is 11.3 Å². The van der Waals surface area contributed by atoms with Crippen LogP contribution in [0.3, 0.4) is 0 Å². The van der Waals surface area contributed by atoms with E-state index in [4.69, 9.17) is 9.47 Å². The number of carbonyl (C=O) groups is 1. The quantitative estimate of drug-likeness (QED) is 0.341. The number of hydrogen-bond acceptors (Lipinski definition) is 6. The molecule has 166 valence electrons. The van der Waals surface area contributed by atoms with Crippen molar-refractivity contribution in [1.82, 2.24) is 14.6 Å². The molecule has 0 saturated heterocycles. The van der Waals surface area contributed by atoms with Gasteiger partial charge in [0.05, 0.1) is 18.9 Å². The van der Waals surface area contributed by atoms with Gasteiger partial charge in [0.1, 0.15) is 5.82 Å². The predicted molar refractivity (Wildman–Crippen MR) is 122 cm³/mol. The zero-order chi connectivity index (χ0) is 22.5. The molecule has 0 unspecified atom stereocenters. The first-order chi connectivity index (χ1) is 15.6. The predicted octanol–water partition coefficient (Wildman–Crippen LogP) is 5.43. The van der Waals surface area contributed by atoms with E-state index in [0.717, 1.165) is 24.1 Å². The van der Waals surface area contributed by atoms with E-state index < -0.39 is 0 Å². The molecule has 0 fully saturated rings. The third kappa shape index (κ3) is 4.72. The first-order valence-electron chi connectivity index (χ1n) is 10.4.